The van der Waals surface area contributed by atoms with Gasteiger partial charge in [-0.3, -0.25) is 9.79 Å². The van der Waals surface area contributed by atoms with Crippen molar-refractivity contribution in [3.05, 3.63) is 46.5 Å². The SMILES string of the molecule is CCC(NC(=O)CC1=CSC2=NCCCN12)c1ccc(C)cc1. The molecule has 0 spiro atoms. The second-order valence-electron chi connectivity index (χ2n) is 6.01. The van der Waals surface area contributed by atoms with Gasteiger partial charge in [0.2, 0.25) is 5.91 Å². The number of carbonyl (C=O) groups is 1. The number of hydrogen-bond acceptors (Lipinski definition) is 4. The molecule has 4 nitrogen and oxygen atoms in total. The molecule has 122 valence electrons. The Hall–Kier alpha value is -1.75. The standard InChI is InChI=1S/C18H23N3OS/c1-3-16(14-7-5-13(2)6-8-14)20-17(22)11-15-12-23-18-19-9-4-10-21(15)18/h5-8,12,16H,3-4,9-11H2,1-2H3,(H,20,22). The topological polar surface area (TPSA) is 44.7 Å². The van der Waals surface area contributed by atoms with Crippen LogP contribution in [0.25, 0.3) is 0 Å². The second kappa shape index (κ2) is 7.21. The maximum absolute atomic E-state index is 12.5. The first-order chi connectivity index (χ1) is 11.2. The Balaban J connectivity index is 1.61. The van der Waals surface area contributed by atoms with Crippen LogP contribution >= 0.6 is 11.8 Å². The van der Waals surface area contributed by atoms with Crippen LogP contribution in [0.1, 0.15) is 43.4 Å². The van der Waals surface area contributed by atoms with E-state index in [0.29, 0.717) is 6.42 Å². The summed E-state index contributed by atoms with van der Waals surface area (Å²) in [5.74, 6) is 0.0797. The molecular formula is C18H23N3OS. The van der Waals surface area contributed by atoms with Crippen LogP contribution in [0.3, 0.4) is 0 Å². The third kappa shape index (κ3) is 3.78. The Bertz CT molecular complexity index is 636. The molecule has 0 saturated heterocycles. The van der Waals surface area contributed by atoms with Gasteiger partial charge in [-0.25, -0.2) is 0 Å². The first-order valence-electron chi connectivity index (χ1n) is 8.21. The van der Waals surface area contributed by atoms with Gasteiger partial charge in [0, 0.05) is 18.8 Å². The van der Waals surface area contributed by atoms with E-state index >= 15 is 0 Å². The molecular weight excluding hydrogens is 306 g/mol. The van der Waals surface area contributed by atoms with E-state index in [1.165, 1.54) is 11.1 Å². The summed E-state index contributed by atoms with van der Waals surface area (Å²) in [7, 11) is 0. The summed E-state index contributed by atoms with van der Waals surface area (Å²) in [6.07, 6.45) is 2.37. The zero-order valence-electron chi connectivity index (χ0n) is 13.7. The fraction of sp³-hybridized carbons (Fsp3) is 0.444. The van der Waals surface area contributed by atoms with Crippen LogP contribution in [0, 0.1) is 6.92 Å². The highest BCUT2D eigenvalue weighted by molar-refractivity contribution is 8.16. The number of aryl methyl sites for hydroxylation is 1. The van der Waals surface area contributed by atoms with Gasteiger partial charge >= 0.3 is 0 Å². The van der Waals surface area contributed by atoms with Gasteiger partial charge in [0.15, 0.2) is 5.17 Å². The van der Waals surface area contributed by atoms with Gasteiger partial charge in [-0.05, 0) is 30.7 Å². The molecule has 0 aromatic heterocycles. The van der Waals surface area contributed by atoms with Crippen molar-refractivity contribution < 1.29 is 4.79 Å². The van der Waals surface area contributed by atoms with Gasteiger partial charge in [-0.15, -0.1) is 0 Å². The van der Waals surface area contributed by atoms with Crippen molar-refractivity contribution in [1.82, 2.24) is 10.2 Å². The molecule has 0 aliphatic carbocycles. The lowest BCUT2D eigenvalue weighted by Gasteiger charge is -2.25. The predicted octanol–water partition coefficient (Wildman–Crippen LogP) is 3.60. The third-order valence-electron chi connectivity index (χ3n) is 4.23. The van der Waals surface area contributed by atoms with E-state index in [2.05, 4.69) is 58.7 Å². The zero-order chi connectivity index (χ0) is 16.2. The Morgan fingerprint density at radius 2 is 2.17 bits per heavy atom. The van der Waals surface area contributed by atoms with Crippen molar-refractivity contribution in [2.24, 2.45) is 4.99 Å². The molecule has 2 heterocycles. The molecule has 1 unspecified atom stereocenters. The Labute approximate surface area is 142 Å². The summed E-state index contributed by atoms with van der Waals surface area (Å²) in [5.41, 5.74) is 3.48. The zero-order valence-corrected chi connectivity index (χ0v) is 14.5. The van der Waals surface area contributed by atoms with Crippen LogP contribution in [-0.2, 0) is 4.79 Å². The Kier molecular flexibility index (Phi) is 5.06. The summed E-state index contributed by atoms with van der Waals surface area (Å²) < 4.78 is 0. The van der Waals surface area contributed by atoms with Crippen LogP contribution in [0.4, 0.5) is 0 Å². The smallest absolute Gasteiger partial charge is 0.226 e. The lowest BCUT2D eigenvalue weighted by Crippen LogP contribution is -2.34. The molecule has 1 aromatic rings. The van der Waals surface area contributed by atoms with Gasteiger partial charge in [0.25, 0.3) is 0 Å². The van der Waals surface area contributed by atoms with Gasteiger partial charge in [0.1, 0.15) is 0 Å². The molecule has 1 N–H and O–H groups in total. The molecule has 2 aliphatic heterocycles. The monoisotopic (exact) mass is 329 g/mol. The average Bonchev–Trinajstić information content (AvgIpc) is 2.97. The number of amides is 1. The molecule has 0 radical (unpaired) electrons. The number of fused-ring (bicyclic) bond motifs is 1. The molecule has 23 heavy (non-hydrogen) atoms. The largest absolute Gasteiger partial charge is 0.349 e. The quantitative estimate of drug-likeness (QED) is 0.897. The van der Waals surface area contributed by atoms with Crippen molar-refractivity contribution in [2.45, 2.75) is 39.2 Å². The fourth-order valence-electron chi connectivity index (χ4n) is 2.90. The normalized spacial score (nSPS) is 18.1. The molecule has 3 rings (SSSR count). The van der Waals surface area contributed by atoms with Gasteiger partial charge in [-0.2, -0.15) is 0 Å². The lowest BCUT2D eigenvalue weighted by molar-refractivity contribution is -0.121. The number of aliphatic imine (C=N–C) groups is 1. The van der Waals surface area contributed by atoms with Gasteiger partial charge in [0.05, 0.1) is 12.5 Å². The van der Waals surface area contributed by atoms with Crippen LogP contribution in [-0.4, -0.2) is 29.1 Å². The van der Waals surface area contributed by atoms with Crippen molar-refractivity contribution in [3.63, 3.8) is 0 Å². The highest BCUT2D eigenvalue weighted by Crippen LogP contribution is 2.30. The van der Waals surface area contributed by atoms with Crippen molar-refractivity contribution in [3.8, 4) is 0 Å². The van der Waals surface area contributed by atoms with E-state index in [0.717, 1.165) is 36.8 Å². The minimum Gasteiger partial charge on any atom is -0.349 e. The average molecular weight is 329 g/mol. The summed E-state index contributed by atoms with van der Waals surface area (Å²) in [4.78, 5) is 19.1. The van der Waals surface area contributed by atoms with Gasteiger partial charge in [-0.1, -0.05) is 48.5 Å². The maximum Gasteiger partial charge on any atom is 0.226 e. The molecule has 0 fully saturated rings. The number of amidine groups is 1. The van der Waals surface area contributed by atoms with E-state index < -0.39 is 0 Å². The molecule has 1 aromatic carbocycles. The van der Waals surface area contributed by atoms with Crippen LogP contribution in [0.15, 0.2) is 40.4 Å². The summed E-state index contributed by atoms with van der Waals surface area (Å²) >= 11 is 1.63. The molecule has 0 bridgehead atoms. The van der Waals surface area contributed by atoms with E-state index in [1.807, 2.05) is 0 Å². The molecule has 5 heteroatoms. The van der Waals surface area contributed by atoms with Crippen molar-refractivity contribution >= 4 is 22.8 Å². The first-order valence-corrected chi connectivity index (χ1v) is 9.09. The fourth-order valence-corrected chi connectivity index (χ4v) is 3.86. The summed E-state index contributed by atoms with van der Waals surface area (Å²) in [5, 5.41) is 6.28. The van der Waals surface area contributed by atoms with E-state index in [9.17, 15) is 4.79 Å². The first kappa shape index (κ1) is 16.1. The minimum atomic E-state index is 0.0762. The van der Waals surface area contributed by atoms with Crippen molar-refractivity contribution in [2.75, 3.05) is 13.1 Å². The van der Waals surface area contributed by atoms with Crippen LogP contribution < -0.4 is 5.32 Å². The third-order valence-corrected chi connectivity index (χ3v) is 5.18. The summed E-state index contributed by atoms with van der Waals surface area (Å²) in [6, 6.07) is 8.47. The predicted molar refractivity (Wildman–Crippen MR) is 96.3 cm³/mol. The number of benzene rings is 1. The number of rotatable bonds is 5. The van der Waals surface area contributed by atoms with Crippen LogP contribution in [0.5, 0.6) is 0 Å². The van der Waals surface area contributed by atoms with E-state index in [-0.39, 0.29) is 11.9 Å². The van der Waals surface area contributed by atoms with E-state index in [4.69, 9.17) is 0 Å². The molecule has 0 saturated carbocycles. The molecule has 1 amide bonds. The number of thioether (sulfide) groups is 1. The Morgan fingerprint density at radius 3 is 2.91 bits per heavy atom. The second-order valence-corrected chi connectivity index (χ2v) is 6.85. The lowest BCUT2D eigenvalue weighted by atomic mass is 10.0. The van der Waals surface area contributed by atoms with Gasteiger partial charge < -0.3 is 10.2 Å². The minimum absolute atomic E-state index is 0.0762. The number of nitrogens with zero attached hydrogens (tertiary/aromatic N) is 2. The van der Waals surface area contributed by atoms with Crippen LogP contribution in [0.2, 0.25) is 0 Å². The van der Waals surface area contributed by atoms with E-state index in [1.54, 1.807) is 11.8 Å². The molecule has 1 atom stereocenters. The Morgan fingerprint density at radius 1 is 1.39 bits per heavy atom. The number of nitrogens with one attached hydrogen (secondary N) is 1. The highest BCUT2D eigenvalue weighted by atomic mass is 32.2. The number of hydrogen-bond donors (Lipinski definition) is 1. The molecule has 2 aliphatic rings. The summed E-state index contributed by atoms with van der Waals surface area (Å²) in [6.45, 7) is 6.05. The highest BCUT2D eigenvalue weighted by Gasteiger charge is 2.26. The van der Waals surface area contributed by atoms with Crippen molar-refractivity contribution in [1.29, 1.82) is 0 Å². The maximum atomic E-state index is 12.5. The number of carbonyl (C=O) groups excluding carboxylic acids is 1.